The summed E-state index contributed by atoms with van der Waals surface area (Å²) in [6, 6.07) is 5.73. The maximum absolute atomic E-state index is 13.7. The highest BCUT2D eigenvalue weighted by Crippen LogP contribution is 2.28. The fourth-order valence-electron chi connectivity index (χ4n) is 4.00. The first-order valence-electron chi connectivity index (χ1n) is 12.2. The molecule has 35 heavy (non-hydrogen) atoms. The second-order valence-corrected chi connectivity index (χ2v) is 8.60. The van der Waals surface area contributed by atoms with Crippen molar-refractivity contribution in [1.29, 1.82) is 0 Å². The van der Waals surface area contributed by atoms with Crippen LogP contribution >= 0.6 is 0 Å². The van der Waals surface area contributed by atoms with Gasteiger partial charge in [0.15, 0.2) is 0 Å². The van der Waals surface area contributed by atoms with Gasteiger partial charge in [0.25, 0.3) is 11.8 Å². The van der Waals surface area contributed by atoms with E-state index in [1.807, 2.05) is 13.8 Å². The van der Waals surface area contributed by atoms with Crippen LogP contribution in [-0.2, 0) is 28.5 Å². The third-order valence-corrected chi connectivity index (χ3v) is 5.80. The average Bonchev–Trinajstić information content (AvgIpc) is 3.09. The summed E-state index contributed by atoms with van der Waals surface area (Å²) in [5.41, 5.74) is 0.653. The fraction of sp³-hybridized carbons (Fsp3) is 0.640. The van der Waals surface area contributed by atoms with Gasteiger partial charge in [-0.05, 0) is 18.1 Å². The van der Waals surface area contributed by atoms with Crippen LogP contribution in [0.4, 0.5) is 0 Å². The number of rotatable bonds is 3. The van der Waals surface area contributed by atoms with Gasteiger partial charge in [-0.1, -0.05) is 26.0 Å². The second-order valence-electron chi connectivity index (χ2n) is 8.60. The van der Waals surface area contributed by atoms with E-state index >= 15 is 0 Å². The minimum absolute atomic E-state index is 0.274. The van der Waals surface area contributed by atoms with E-state index in [-0.39, 0.29) is 11.8 Å². The highest BCUT2D eigenvalue weighted by atomic mass is 16.6. The largest absolute Gasteiger partial charge is 0.377 e. The quantitative estimate of drug-likeness (QED) is 0.581. The molecular formula is C25H36N2O8. The predicted molar refractivity (Wildman–Crippen MR) is 126 cm³/mol. The number of nitrogens with zero attached hydrogens (tertiary/aromatic N) is 2. The van der Waals surface area contributed by atoms with E-state index in [1.54, 1.807) is 29.2 Å². The van der Waals surface area contributed by atoms with Gasteiger partial charge in [-0.15, -0.1) is 0 Å². The summed E-state index contributed by atoms with van der Waals surface area (Å²) < 4.78 is 27.7. The van der Waals surface area contributed by atoms with Crippen molar-refractivity contribution < 1.29 is 38.1 Å². The van der Waals surface area contributed by atoms with Crippen molar-refractivity contribution in [2.24, 2.45) is 5.92 Å². The number of amides is 3. The molecule has 1 aromatic carbocycles. The molecule has 10 nitrogen and oxygen atoms in total. The number of fused-ring (bicyclic) bond motifs is 1. The zero-order valence-electron chi connectivity index (χ0n) is 20.6. The van der Waals surface area contributed by atoms with Crippen LogP contribution in [0.1, 0.15) is 34.6 Å². The highest BCUT2D eigenvalue weighted by Gasteiger charge is 2.45. The first-order chi connectivity index (χ1) is 17.0. The third-order valence-electron chi connectivity index (χ3n) is 5.80. The van der Waals surface area contributed by atoms with Crippen LogP contribution in [0.5, 0.6) is 0 Å². The normalized spacial score (nSPS) is 20.9. The summed E-state index contributed by atoms with van der Waals surface area (Å²) in [7, 11) is 0. The Bertz CT molecular complexity index is 794. The van der Waals surface area contributed by atoms with E-state index in [2.05, 4.69) is 0 Å². The fourth-order valence-corrected chi connectivity index (χ4v) is 4.00. The molecule has 3 amide bonds. The monoisotopic (exact) mass is 492 g/mol. The van der Waals surface area contributed by atoms with Crippen LogP contribution in [0.2, 0.25) is 0 Å². The van der Waals surface area contributed by atoms with Gasteiger partial charge in [0.2, 0.25) is 5.91 Å². The molecule has 0 bridgehead atoms. The molecule has 0 aliphatic carbocycles. The van der Waals surface area contributed by atoms with E-state index < -0.39 is 17.9 Å². The van der Waals surface area contributed by atoms with E-state index in [9.17, 15) is 14.4 Å². The molecule has 10 heteroatoms. The lowest BCUT2D eigenvalue weighted by Crippen LogP contribution is -2.54. The van der Waals surface area contributed by atoms with Crippen molar-refractivity contribution in [2.45, 2.75) is 19.9 Å². The molecule has 0 saturated carbocycles. The average molecular weight is 493 g/mol. The van der Waals surface area contributed by atoms with Gasteiger partial charge in [-0.25, -0.2) is 0 Å². The molecule has 2 aliphatic heterocycles. The van der Waals surface area contributed by atoms with Gasteiger partial charge in [-0.3, -0.25) is 19.3 Å². The Hall–Kier alpha value is -2.37. The van der Waals surface area contributed by atoms with Crippen molar-refractivity contribution in [3.05, 3.63) is 35.4 Å². The van der Waals surface area contributed by atoms with Gasteiger partial charge < -0.3 is 28.6 Å². The van der Waals surface area contributed by atoms with Gasteiger partial charge in [0.05, 0.1) is 77.2 Å². The summed E-state index contributed by atoms with van der Waals surface area (Å²) in [5.74, 6) is -1.46. The lowest BCUT2D eigenvalue weighted by molar-refractivity contribution is -0.138. The predicted octanol–water partition coefficient (Wildman–Crippen LogP) is 1.23. The van der Waals surface area contributed by atoms with Gasteiger partial charge in [0, 0.05) is 13.1 Å². The zero-order chi connectivity index (χ0) is 25.0. The molecule has 1 fully saturated rings. The first-order valence-corrected chi connectivity index (χ1v) is 12.2. The highest BCUT2D eigenvalue weighted by molar-refractivity contribution is 6.22. The third kappa shape index (κ3) is 7.55. The Kier molecular flexibility index (Phi) is 11.1. The Morgan fingerprint density at radius 2 is 1.06 bits per heavy atom. The molecule has 0 radical (unpaired) electrons. The second kappa shape index (κ2) is 14.3. The number of hydrogen-bond donors (Lipinski definition) is 0. The first kappa shape index (κ1) is 27.2. The van der Waals surface area contributed by atoms with E-state index in [0.717, 1.165) is 4.90 Å². The molecule has 1 atom stereocenters. The molecular weight excluding hydrogens is 456 g/mol. The number of carbonyl (C=O) groups excluding carboxylic acids is 3. The van der Waals surface area contributed by atoms with Gasteiger partial charge in [-0.2, -0.15) is 0 Å². The summed E-state index contributed by atoms with van der Waals surface area (Å²) in [4.78, 5) is 42.6. The lowest BCUT2D eigenvalue weighted by atomic mass is 10.0. The molecule has 3 rings (SSSR count). The molecule has 0 aromatic heterocycles. The number of benzene rings is 1. The summed E-state index contributed by atoms with van der Waals surface area (Å²) >= 11 is 0. The Morgan fingerprint density at radius 3 is 1.43 bits per heavy atom. The lowest BCUT2D eigenvalue weighted by Gasteiger charge is -2.33. The summed E-state index contributed by atoms with van der Waals surface area (Å²) in [5, 5.41) is 0. The molecule has 0 spiro atoms. The van der Waals surface area contributed by atoms with Gasteiger partial charge >= 0.3 is 0 Å². The summed E-state index contributed by atoms with van der Waals surface area (Å²) in [6.45, 7) is 8.35. The molecule has 2 aliphatic rings. The van der Waals surface area contributed by atoms with Crippen LogP contribution in [0, 0.1) is 5.92 Å². The molecule has 2 heterocycles. The van der Waals surface area contributed by atoms with Crippen LogP contribution < -0.4 is 0 Å². The van der Waals surface area contributed by atoms with Crippen molar-refractivity contribution in [3.63, 3.8) is 0 Å². The van der Waals surface area contributed by atoms with Crippen molar-refractivity contribution in [1.82, 2.24) is 9.80 Å². The van der Waals surface area contributed by atoms with Crippen LogP contribution in [-0.4, -0.2) is 113 Å². The maximum atomic E-state index is 13.7. The van der Waals surface area contributed by atoms with Crippen molar-refractivity contribution >= 4 is 17.7 Å². The number of hydrogen-bond acceptors (Lipinski definition) is 8. The van der Waals surface area contributed by atoms with E-state index in [4.69, 9.17) is 23.7 Å². The number of ether oxygens (including phenoxy) is 5. The minimum Gasteiger partial charge on any atom is -0.377 e. The molecule has 1 saturated heterocycles. The topological polar surface area (TPSA) is 104 Å². The van der Waals surface area contributed by atoms with Crippen LogP contribution in [0.25, 0.3) is 0 Å². The summed E-state index contributed by atoms with van der Waals surface area (Å²) in [6.07, 6.45) is 0. The van der Waals surface area contributed by atoms with E-state index in [0.29, 0.717) is 90.3 Å². The SMILES string of the molecule is CC(C)[C@H](C(=O)N1CCOCCOCCOCCOCCOCC1)N1C(=O)c2ccccc2C1=O. The minimum atomic E-state index is -0.924. The van der Waals surface area contributed by atoms with Crippen LogP contribution in [0.15, 0.2) is 24.3 Å². The van der Waals surface area contributed by atoms with Crippen LogP contribution in [0.3, 0.4) is 0 Å². The van der Waals surface area contributed by atoms with Gasteiger partial charge in [0.1, 0.15) is 6.04 Å². The van der Waals surface area contributed by atoms with Crippen molar-refractivity contribution in [3.8, 4) is 0 Å². The number of carbonyl (C=O) groups is 3. The Morgan fingerprint density at radius 1 is 0.686 bits per heavy atom. The maximum Gasteiger partial charge on any atom is 0.262 e. The number of imide groups is 1. The smallest absolute Gasteiger partial charge is 0.262 e. The molecule has 0 unspecified atom stereocenters. The zero-order valence-corrected chi connectivity index (χ0v) is 20.6. The molecule has 0 N–H and O–H groups in total. The Labute approximate surface area is 206 Å². The standard InChI is InChI=1S/C25H36N2O8/c1-19(2)22(27-23(28)20-5-3-4-6-21(20)24(27)29)25(30)26-7-9-31-11-13-33-15-17-35-18-16-34-14-12-32-10-8-26/h3-6,19,22H,7-18H2,1-2H3/t22-/m1/s1. The molecule has 194 valence electrons. The Balaban J connectivity index is 1.68. The van der Waals surface area contributed by atoms with E-state index in [1.165, 1.54) is 0 Å². The van der Waals surface area contributed by atoms with Crippen molar-refractivity contribution in [2.75, 3.05) is 79.2 Å². The molecule has 1 aromatic rings.